The summed E-state index contributed by atoms with van der Waals surface area (Å²) in [6.45, 7) is 4.43. The van der Waals surface area contributed by atoms with Crippen molar-refractivity contribution in [3.63, 3.8) is 0 Å². The van der Waals surface area contributed by atoms with E-state index in [-0.39, 0.29) is 19.0 Å². The zero-order valence-electron chi connectivity index (χ0n) is 15.3. The molecule has 1 aliphatic heterocycles. The fourth-order valence-electron chi connectivity index (χ4n) is 2.75. The van der Waals surface area contributed by atoms with Crippen molar-refractivity contribution in [2.75, 3.05) is 13.2 Å². The summed E-state index contributed by atoms with van der Waals surface area (Å²) < 4.78 is 16.5. The van der Waals surface area contributed by atoms with Gasteiger partial charge in [0.1, 0.15) is 18.8 Å². The Morgan fingerprint density at radius 2 is 1.44 bits per heavy atom. The van der Waals surface area contributed by atoms with Crippen LogP contribution in [0, 0.1) is 13.8 Å². The highest BCUT2D eigenvalue weighted by Gasteiger charge is 2.33. The van der Waals surface area contributed by atoms with Gasteiger partial charge in [-0.15, -0.1) is 12.4 Å². The Bertz CT molecular complexity index is 770. The summed E-state index contributed by atoms with van der Waals surface area (Å²) in [6, 6.07) is 14.4. The van der Waals surface area contributed by atoms with Crippen LogP contribution in [-0.2, 0) is 14.2 Å². The van der Waals surface area contributed by atoms with Crippen LogP contribution in [0.15, 0.2) is 48.5 Å². The Kier molecular flexibility index (Phi) is 7.39. The van der Waals surface area contributed by atoms with E-state index in [0.29, 0.717) is 24.2 Å². The van der Waals surface area contributed by atoms with Gasteiger partial charge in [0.15, 0.2) is 0 Å². The summed E-state index contributed by atoms with van der Waals surface area (Å²) in [5.74, 6) is -0.806. The second kappa shape index (κ2) is 9.53. The minimum atomic E-state index is -0.446. The Hall–Kier alpha value is -2.37. The van der Waals surface area contributed by atoms with Crippen LogP contribution < -0.4 is 0 Å². The fourth-order valence-corrected chi connectivity index (χ4v) is 2.75. The van der Waals surface area contributed by atoms with Gasteiger partial charge in [-0.2, -0.15) is 0 Å². The van der Waals surface area contributed by atoms with E-state index in [2.05, 4.69) is 0 Å². The molecule has 3 rings (SSSR count). The molecule has 27 heavy (non-hydrogen) atoms. The maximum Gasteiger partial charge on any atom is 0.338 e. The predicted octanol–water partition coefficient (Wildman–Crippen LogP) is 3.90. The molecule has 6 heteroatoms. The van der Waals surface area contributed by atoms with Gasteiger partial charge in [0, 0.05) is 6.42 Å². The van der Waals surface area contributed by atoms with Gasteiger partial charge in [-0.3, -0.25) is 0 Å². The summed E-state index contributed by atoms with van der Waals surface area (Å²) in [5.41, 5.74) is 3.13. The molecule has 0 amide bonds. The number of hydrogen-bond acceptors (Lipinski definition) is 5. The Balaban J connectivity index is 0.00000261. The second-order valence-corrected chi connectivity index (χ2v) is 6.47. The zero-order valence-corrected chi connectivity index (χ0v) is 16.2. The molecule has 144 valence electrons. The van der Waals surface area contributed by atoms with Gasteiger partial charge in [0.25, 0.3) is 0 Å². The minimum absolute atomic E-state index is 0. The predicted molar refractivity (Wildman–Crippen MR) is 103 cm³/mol. The van der Waals surface area contributed by atoms with Gasteiger partial charge in [-0.1, -0.05) is 35.4 Å². The average Bonchev–Trinajstić information content (AvgIpc) is 3.08. The van der Waals surface area contributed by atoms with E-state index in [1.54, 1.807) is 24.3 Å². The van der Waals surface area contributed by atoms with Crippen molar-refractivity contribution >= 4 is 24.3 Å². The molecule has 0 aliphatic carbocycles. The van der Waals surface area contributed by atoms with E-state index in [0.717, 1.165) is 11.1 Å². The van der Waals surface area contributed by atoms with Crippen LogP contribution >= 0.6 is 12.4 Å². The van der Waals surface area contributed by atoms with Crippen LogP contribution in [0.25, 0.3) is 0 Å². The van der Waals surface area contributed by atoms with Crippen molar-refractivity contribution in [1.29, 1.82) is 0 Å². The van der Waals surface area contributed by atoms with Crippen molar-refractivity contribution < 1.29 is 23.8 Å². The highest BCUT2D eigenvalue weighted by molar-refractivity contribution is 5.90. The van der Waals surface area contributed by atoms with Crippen LogP contribution in [0.5, 0.6) is 0 Å². The van der Waals surface area contributed by atoms with Gasteiger partial charge in [-0.25, -0.2) is 9.59 Å². The summed E-state index contributed by atoms with van der Waals surface area (Å²) in [6.07, 6.45) is -0.280. The van der Waals surface area contributed by atoms with E-state index in [1.807, 2.05) is 38.1 Å². The van der Waals surface area contributed by atoms with E-state index in [4.69, 9.17) is 14.2 Å². The molecule has 1 saturated heterocycles. The SMILES string of the molecule is Cc1ccc(C(=O)OC[C@H]2OCC[C@@H]2OC(=O)c2ccc(C)cc2)cc1.Cl. The molecule has 1 aliphatic rings. The molecule has 0 saturated carbocycles. The third-order valence-corrected chi connectivity index (χ3v) is 4.36. The number of benzene rings is 2. The van der Waals surface area contributed by atoms with Crippen LogP contribution in [0.3, 0.4) is 0 Å². The second-order valence-electron chi connectivity index (χ2n) is 6.47. The van der Waals surface area contributed by atoms with Crippen molar-refractivity contribution in [3.05, 3.63) is 70.8 Å². The third kappa shape index (κ3) is 5.55. The molecule has 2 aromatic rings. The van der Waals surface area contributed by atoms with E-state index in [9.17, 15) is 9.59 Å². The Morgan fingerprint density at radius 1 is 0.926 bits per heavy atom. The van der Waals surface area contributed by atoms with E-state index >= 15 is 0 Å². The van der Waals surface area contributed by atoms with Crippen LogP contribution in [0.4, 0.5) is 0 Å². The first-order valence-corrected chi connectivity index (χ1v) is 8.66. The number of hydrogen-bond donors (Lipinski definition) is 0. The average molecular weight is 391 g/mol. The zero-order chi connectivity index (χ0) is 18.5. The molecule has 0 spiro atoms. The van der Waals surface area contributed by atoms with Crippen molar-refractivity contribution in [2.45, 2.75) is 32.5 Å². The number of esters is 2. The van der Waals surface area contributed by atoms with Crippen molar-refractivity contribution in [2.24, 2.45) is 0 Å². The number of carbonyl (C=O) groups is 2. The summed E-state index contributed by atoms with van der Waals surface area (Å²) in [4.78, 5) is 24.4. The molecular weight excluding hydrogens is 368 g/mol. The highest BCUT2D eigenvalue weighted by Crippen LogP contribution is 2.20. The lowest BCUT2D eigenvalue weighted by Gasteiger charge is -2.19. The smallest absolute Gasteiger partial charge is 0.338 e. The number of ether oxygens (including phenoxy) is 3. The monoisotopic (exact) mass is 390 g/mol. The van der Waals surface area contributed by atoms with Crippen LogP contribution in [0.1, 0.15) is 38.3 Å². The molecule has 0 radical (unpaired) electrons. The van der Waals surface area contributed by atoms with E-state index in [1.165, 1.54) is 0 Å². The molecule has 2 atom stereocenters. The lowest BCUT2D eigenvalue weighted by Crippen LogP contribution is -2.32. The lowest BCUT2D eigenvalue weighted by molar-refractivity contribution is -0.0282. The summed E-state index contributed by atoms with van der Waals surface area (Å²) in [7, 11) is 0. The molecular formula is C21H23ClO5. The third-order valence-electron chi connectivity index (χ3n) is 4.36. The Labute approximate surface area is 165 Å². The van der Waals surface area contributed by atoms with E-state index < -0.39 is 24.1 Å². The quantitative estimate of drug-likeness (QED) is 0.724. The molecule has 1 fully saturated rings. The first-order chi connectivity index (χ1) is 12.5. The van der Waals surface area contributed by atoms with Crippen molar-refractivity contribution in [3.8, 4) is 0 Å². The largest absolute Gasteiger partial charge is 0.459 e. The summed E-state index contributed by atoms with van der Waals surface area (Å²) in [5, 5.41) is 0. The molecule has 5 nitrogen and oxygen atoms in total. The number of aryl methyl sites for hydroxylation is 2. The minimum Gasteiger partial charge on any atom is -0.459 e. The van der Waals surface area contributed by atoms with Crippen LogP contribution in [-0.4, -0.2) is 37.4 Å². The van der Waals surface area contributed by atoms with Gasteiger partial charge in [-0.05, 0) is 38.1 Å². The van der Waals surface area contributed by atoms with Gasteiger partial charge >= 0.3 is 11.9 Å². The first kappa shape index (κ1) is 20.9. The molecule has 2 aromatic carbocycles. The molecule has 0 aromatic heterocycles. The lowest BCUT2D eigenvalue weighted by atomic mass is 10.1. The molecule has 0 N–H and O–H groups in total. The standard InChI is InChI=1S/C21H22O5.ClH/c1-14-3-7-16(8-4-14)20(22)25-13-19-18(11-12-24-19)26-21(23)17-9-5-15(2)6-10-17;/h3-10,18-19H,11-13H2,1-2H3;1H/t18-,19+;/m0./s1. The maximum absolute atomic E-state index is 12.3. The number of rotatable bonds is 5. The normalized spacial score (nSPS) is 18.4. The fraction of sp³-hybridized carbons (Fsp3) is 0.333. The molecule has 1 heterocycles. The summed E-state index contributed by atoms with van der Waals surface area (Å²) >= 11 is 0. The first-order valence-electron chi connectivity index (χ1n) is 8.66. The van der Waals surface area contributed by atoms with Gasteiger partial charge in [0.05, 0.1) is 17.7 Å². The molecule has 0 bridgehead atoms. The maximum atomic E-state index is 12.3. The number of carbonyl (C=O) groups excluding carboxylic acids is 2. The topological polar surface area (TPSA) is 61.8 Å². The van der Waals surface area contributed by atoms with Crippen LogP contribution in [0.2, 0.25) is 0 Å². The van der Waals surface area contributed by atoms with Gasteiger partial charge < -0.3 is 14.2 Å². The highest BCUT2D eigenvalue weighted by atomic mass is 35.5. The van der Waals surface area contributed by atoms with Gasteiger partial charge in [0.2, 0.25) is 0 Å². The number of halogens is 1. The molecule has 0 unspecified atom stereocenters. The Morgan fingerprint density at radius 3 is 2.00 bits per heavy atom. The van der Waals surface area contributed by atoms with Crippen molar-refractivity contribution in [1.82, 2.24) is 0 Å².